The van der Waals surface area contributed by atoms with Gasteiger partial charge in [0.15, 0.2) is 11.0 Å². The molecule has 1 aliphatic rings. The van der Waals surface area contributed by atoms with Gasteiger partial charge in [-0.3, -0.25) is 0 Å². The van der Waals surface area contributed by atoms with Crippen molar-refractivity contribution in [1.29, 1.82) is 0 Å². The predicted molar refractivity (Wildman–Crippen MR) is 129 cm³/mol. The largest absolute Gasteiger partial charge is 0.297 e. The van der Waals surface area contributed by atoms with Gasteiger partial charge < -0.3 is 0 Å². The lowest BCUT2D eigenvalue weighted by atomic mass is 10.1. The molecule has 1 fully saturated rings. The minimum Gasteiger partial charge on any atom is -0.240 e. The van der Waals surface area contributed by atoms with E-state index in [4.69, 9.17) is 4.98 Å². The van der Waals surface area contributed by atoms with Crippen molar-refractivity contribution in [3.8, 4) is 17.1 Å². The van der Waals surface area contributed by atoms with Crippen molar-refractivity contribution in [2.75, 3.05) is 0 Å². The lowest BCUT2D eigenvalue weighted by Crippen LogP contribution is -2.30. The molecule has 0 amide bonds. The highest BCUT2D eigenvalue weighted by atomic mass is 32.1. The Morgan fingerprint density at radius 2 is 1.68 bits per heavy atom. The molecule has 2 heterocycles. The molecular formula is C27H26N3S+. The van der Waals surface area contributed by atoms with Crippen molar-refractivity contribution in [1.82, 2.24) is 9.55 Å². The number of imidazole rings is 1. The third-order valence-corrected chi connectivity index (χ3v) is 7.92. The Balaban J connectivity index is 1.69. The number of hydrogen-bond donors (Lipinski definition) is 0. The Bertz CT molecular complexity index is 1410. The van der Waals surface area contributed by atoms with Gasteiger partial charge in [0, 0.05) is 5.92 Å². The van der Waals surface area contributed by atoms with E-state index in [0.717, 1.165) is 5.52 Å². The summed E-state index contributed by atoms with van der Waals surface area (Å²) in [5, 5.41) is 1.32. The van der Waals surface area contributed by atoms with Gasteiger partial charge >= 0.3 is 0 Å². The number of nitrogens with zero attached hydrogens (tertiary/aromatic N) is 3. The average Bonchev–Trinajstić information content (AvgIpc) is 3.53. The summed E-state index contributed by atoms with van der Waals surface area (Å²) in [7, 11) is 2.18. The van der Waals surface area contributed by atoms with Crippen LogP contribution in [0.2, 0.25) is 0 Å². The van der Waals surface area contributed by atoms with Crippen LogP contribution in [0.1, 0.15) is 42.2 Å². The monoisotopic (exact) mass is 424 g/mol. The summed E-state index contributed by atoms with van der Waals surface area (Å²) in [6.07, 6.45) is 5.24. The van der Waals surface area contributed by atoms with E-state index in [9.17, 15) is 0 Å². The summed E-state index contributed by atoms with van der Waals surface area (Å²) in [5.41, 5.74) is 7.30. The zero-order valence-corrected chi connectivity index (χ0v) is 18.8. The highest BCUT2D eigenvalue weighted by molar-refractivity contribution is 7.18. The molecule has 3 aromatic carbocycles. The first-order valence-corrected chi connectivity index (χ1v) is 12.0. The number of aromatic nitrogens is 3. The minimum absolute atomic E-state index is 0.638. The standard InChI is InChI=1S/C27H26N3S/c1-18-16-17-23-25(28-26(31-23)19-10-6-7-11-19)24(18)27-29(2)21-14-8-9-15-22(21)30(27)20-12-4-3-5-13-20/h3-5,8-9,12-17,19H,6-7,10-11H2,1-2H3/q+1. The second-order valence-corrected chi connectivity index (χ2v) is 9.74. The second kappa shape index (κ2) is 7.31. The Kier molecular flexibility index (Phi) is 4.43. The minimum atomic E-state index is 0.638. The first-order chi connectivity index (χ1) is 15.2. The molecule has 2 aromatic heterocycles. The topological polar surface area (TPSA) is 21.7 Å². The quantitative estimate of drug-likeness (QED) is 0.295. The van der Waals surface area contributed by atoms with Crippen LogP contribution in [0, 0.1) is 6.92 Å². The van der Waals surface area contributed by atoms with Crippen LogP contribution in [-0.2, 0) is 7.05 Å². The van der Waals surface area contributed by atoms with Gasteiger partial charge in [-0.05, 0) is 55.7 Å². The predicted octanol–water partition coefficient (Wildman–Crippen LogP) is 6.70. The first kappa shape index (κ1) is 18.8. The maximum Gasteiger partial charge on any atom is 0.297 e. The van der Waals surface area contributed by atoms with Crippen molar-refractivity contribution in [3.63, 3.8) is 0 Å². The van der Waals surface area contributed by atoms with E-state index in [1.54, 1.807) is 0 Å². The van der Waals surface area contributed by atoms with E-state index in [1.807, 2.05) is 11.3 Å². The lowest BCUT2D eigenvalue weighted by molar-refractivity contribution is -0.633. The number of fused-ring (bicyclic) bond motifs is 2. The Hall–Kier alpha value is -2.98. The molecule has 0 bridgehead atoms. The van der Waals surface area contributed by atoms with Gasteiger partial charge in [-0.25, -0.2) is 9.55 Å². The number of aryl methyl sites for hydroxylation is 2. The molecular weight excluding hydrogens is 398 g/mol. The fourth-order valence-electron chi connectivity index (χ4n) is 5.17. The van der Waals surface area contributed by atoms with Crippen LogP contribution >= 0.6 is 11.3 Å². The van der Waals surface area contributed by atoms with Gasteiger partial charge in [0.05, 0.1) is 27.8 Å². The average molecular weight is 425 g/mol. The molecule has 0 aliphatic heterocycles. The molecule has 6 rings (SSSR count). The Labute approximate surface area is 186 Å². The van der Waals surface area contributed by atoms with E-state index in [0.29, 0.717) is 5.92 Å². The number of benzene rings is 3. The van der Waals surface area contributed by atoms with E-state index in [-0.39, 0.29) is 0 Å². The summed E-state index contributed by atoms with van der Waals surface area (Å²) in [5.74, 6) is 1.83. The molecule has 1 aliphatic carbocycles. The molecule has 5 aromatic rings. The summed E-state index contributed by atoms with van der Waals surface area (Å²) in [4.78, 5) is 5.27. The van der Waals surface area contributed by atoms with E-state index in [1.165, 1.54) is 69.1 Å². The molecule has 0 spiro atoms. The van der Waals surface area contributed by atoms with Crippen molar-refractivity contribution in [2.24, 2.45) is 7.05 Å². The summed E-state index contributed by atoms with van der Waals surface area (Å²) >= 11 is 1.90. The zero-order chi connectivity index (χ0) is 20.9. The normalized spacial score (nSPS) is 14.8. The highest BCUT2D eigenvalue weighted by Gasteiger charge is 2.30. The van der Waals surface area contributed by atoms with Crippen molar-refractivity contribution in [2.45, 2.75) is 38.5 Å². The van der Waals surface area contributed by atoms with E-state index in [2.05, 4.69) is 89.8 Å². The third-order valence-electron chi connectivity index (χ3n) is 6.74. The fraction of sp³-hybridized carbons (Fsp3) is 0.259. The molecule has 3 nitrogen and oxygen atoms in total. The smallest absolute Gasteiger partial charge is 0.240 e. The summed E-state index contributed by atoms with van der Waals surface area (Å²) < 4.78 is 6.03. The molecule has 0 saturated heterocycles. The Morgan fingerprint density at radius 1 is 0.935 bits per heavy atom. The third kappa shape index (κ3) is 2.93. The van der Waals surface area contributed by atoms with Gasteiger partial charge in [-0.1, -0.05) is 49.2 Å². The Morgan fingerprint density at radius 3 is 2.48 bits per heavy atom. The molecule has 4 heteroatoms. The molecule has 1 saturated carbocycles. The van der Waals surface area contributed by atoms with Crippen LogP contribution < -0.4 is 4.57 Å². The second-order valence-electron chi connectivity index (χ2n) is 8.68. The van der Waals surface area contributed by atoms with Gasteiger partial charge in [-0.15, -0.1) is 11.3 Å². The number of thiazole rings is 1. The van der Waals surface area contributed by atoms with Crippen LogP contribution in [0.25, 0.3) is 38.3 Å². The molecule has 0 atom stereocenters. The molecule has 0 radical (unpaired) electrons. The lowest BCUT2D eigenvalue weighted by Gasteiger charge is -2.07. The van der Waals surface area contributed by atoms with Crippen LogP contribution in [-0.4, -0.2) is 9.55 Å². The van der Waals surface area contributed by atoms with Crippen molar-refractivity contribution >= 4 is 32.6 Å². The summed E-state index contributed by atoms with van der Waals surface area (Å²) in [6.45, 7) is 2.22. The van der Waals surface area contributed by atoms with Gasteiger partial charge in [0.2, 0.25) is 0 Å². The number of para-hydroxylation sites is 3. The maximum atomic E-state index is 5.27. The molecule has 0 N–H and O–H groups in total. The van der Waals surface area contributed by atoms with Crippen LogP contribution in [0.4, 0.5) is 0 Å². The van der Waals surface area contributed by atoms with Crippen LogP contribution in [0.15, 0.2) is 66.7 Å². The highest BCUT2D eigenvalue weighted by Crippen LogP contribution is 2.41. The number of rotatable bonds is 3. The van der Waals surface area contributed by atoms with Crippen LogP contribution in [0.3, 0.4) is 0 Å². The molecule has 31 heavy (non-hydrogen) atoms. The molecule has 0 unspecified atom stereocenters. The number of hydrogen-bond acceptors (Lipinski definition) is 2. The van der Waals surface area contributed by atoms with Gasteiger partial charge in [0.1, 0.15) is 5.69 Å². The maximum absolute atomic E-state index is 5.27. The fourth-order valence-corrected chi connectivity index (χ4v) is 6.32. The zero-order valence-electron chi connectivity index (χ0n) is 18.0. The first-order valence-electron chi connectivity index (χ1n) is 11.2. The van der Waals surface area contributed by atoms with Crippen molar-refractivity contribution in [3.05, 3.63) is 77.3 Å². The van der Waals surface area contributed by atoms with E-state index < -0.39 is 0 Å². The molecule has 154 valence electrons. The van der Waals surface area contributed by atoms with Gasteiger partial charge in [-0.2, -0.15) is 4.57 Å². The SMILES string of the molecule is Cc1ccc2sc(C3CCCC3)nc2c1-c1n(-c2ccccc2)c2ccccc2[n+]1C. The summed E-state index contributed by atoms with van der Waals surface area (Å²) in [6, 6.07) is 23.9. The van der Waals surface area contributed by atoms with Gasteiger partial charge in [0.25, 0.3) is 5.82 Å². The van der Waals surface area contributed by atoms with Crippen LogP contribution in [0.5, 0.6) is 0 Å². The van der Waals surface area contributed by atoms with E-state index >= 15 is 0 Å². The van der Waals surface area contributed by atoms with Crippen molar-refractivity contribution < 1.29 is 4.57 Å².